The Hall–Kier alpha value is -8.61. The van der Waals surface area contributed by atoms with Crippen molar-refractivity contribution in [3.63, 3.8) is 0 Å². The van der Waals surface area contributed by atoms with Crippen LogP contribution < -0.4 is 0 Å². The minimum absolute atomic E-state index is 0.739. The molecule has 0 saturated heterocycles. The molecule has 13 aromatic rings. The number of pyridine rings is 3. The van der Waals surface area contributed by atoms with Gasteiger partial charge < -0.3 is 13.6 Å². The molecule has 0 amide bonds. The molecule has 0 aliphatic rings. The maximum atomic E-state index is 7.16. The van der Waals surface area contributed by atoms with Gasteiger partial charge in [0.05, 0.1) is 38.7 Å². The van der Waals surface area contributed by atoms with Crippen molar-refractivity contribution in [1.29, 1.82) is 0 Å². The Morgan fingerprint density at radius 2 is 0.937 bits per heavy atom. The van der Waals surface area contributed by atoms with E-state index in [4.69, 9.17) is 9.40 Å². The number of fused-ring (bicyclic) bond motifs is 9. The number of benzene rings is 7. The number of hydrogen-bond acceptors (Lipinski definition) is 4. The Morgan fingerprint density at radius 3 is 1.51 bits per heavy atom. The number of nitrogens with zero attached hydrogens (tertiary/aromatic N) is 5. The summed E-state index contributed by atoms with van der Waals surface area (Å²) in [6, 6.07) is 66.9. The fourth-order valence-corrected chi connectivity index (χ4v) is 9.74. The van der Waals surface area contributed by atoms with Gasteiger partial charge in [-0.05, 0) is 95.6 Å². The van der Waals surface area contributed by atoms with Gasteiger partial charge >= 0.3 is 0 Å². The van der Waals surface area contributed by atoms with Crippen molar-refractivity contribution in [3.8, 4) is 56.2 Å². The Balaban J connectivity index is 1.13. The van der Waals surface area contributed by atoms with E-state index in [9.17, 15) is 0 Å². The number of hydrogen-bond donors (Lipinski definition) is 0. The summed E-state index contributed by atoms with van der Waals surface area (Å²) in [5, 5.41) is 6.75. The smallest absolute Gasteiger partial charge is 0.147 e. The zero-order valence-electron chi connectivity index (χ0n) is 33.9. The quantitative estimate of drug-likeness (QED) is 0.168. The Morgan fingerprint density at radius 1 is 0.381 bits per heavy atom. The average molecular weight is 806 g/mol. The monoisotopic (exact) mass is 805 g/mol. The molecule has 0 atom stereocenters. The molecular formula is C57H35N5O. The lowest BCUT2D eigenvalue weighted by Gasteiger charge is -2.16. The first-order valence-electron chi connectivity index (χ1n) is 21.2. The van der Waals surface area contributed by atoms with Gasteiger partial charge in [0.15, 0.2) is 0 Å². The molecule has 0 radical (unpaired) electrons. The topological polar surface area (TPSA) is 61.7 Å². The first kappa shape index (κ1) is 35.2. The Bertz CT molecular complexity index is 3660. The largest absolute Gasteiger partial charge is 0.455 e. The zero-order chi connectivity index (χ0) is 41.4. The molecule has 0 bridgehead atoms. The van der Waals surface area contributed by atoms with Gasteiger partial charge in [-0.2, -0.15) is 0 Å². The fourth-order valence-electron chi connectivity index (χ4n) is 9.74. The van der Waals surface area contributed by atoms with Crippen molar-refractivity contribution in [1.82, 2.24) is 24.1 Å². The highest BCUT2D eigenvalue weighted by molar-refractivity contribution is 6.17. The molecule has 6 nitrogen and oxygen atoms in total. The molecule has 0 N–H and O–H groups in total. The molecule has 6 heterocycles. The molecule has 6 aromatic heterocycles. The molecule has 0 unspecified atom stereocenters. The van der Waals surface area contributed by atoms with Gasteiger partial charge in [-0.15, -0.1) is 0 Å². The van der Waals surface area contributed by atoms with E-state index in [2.05, 4.69) is 183 Å². The van der Waals surface area contributed by atoms with Gasteiger partial charge in [0, 0.05) is 79.8 Å². The molecular weight excluding hydrogens is 771 g/mol. The second kappa shape index (κ2) is 14.0. The Kier molecular flexibility index (Phi) is 7.80. The van der Waals surface area contributed by atoms with Crippen LogP contribution >= 0.6 is 0 Å². The number of furan rings is 1. The van der Waals surface area contributed by atoms with Crippen LogP contribution in [-0.2, 0) is 0 Å². The second-order valence-electron chi connectivity index (χ2n) is 16.0. The maximum Gasteiger partial charge on any atom is 0.147 e. The maximum absolute atomic E-state index is 7.16. The van der Waals surface area contributed by atoms with Crippen LogP contribution in [0.5, 0.6) is 0 Å². The van der Waals surface area contributed by atoms with E-state index in [-0.39, 0.29) is 0 Å². The van der Waals surface area contributed by atoms with E-state index in [0.29, 0.717) is 0 Å². The van der Waals surface area contributed by atoms with Crippen LogP contribution in [0.15, 0.2) is 217 Å². The molecule has 0 aliphatic carbocycles. The SMILES string of the molecule is c1ccc(-c2nc3ccc(-c4cc(-n5c6ccccc6c6ccccc65)cc(-n5c6ccccc6c6ccccc65)c4)cc3c3oc(-c4cccnc4)c(-c4ccncc4)c23)cc1. The standard InChI is InChI=1S/C57H35N5O/c1-2-13-37(14-3-1)55-54-53(36-26-29-58-30-27-36)56(39-15-12-28-59-35-39)63-57(54)47-33-38(24-25-48(47)60-55)40-31-41(61-49-20-8-4-16-43(49)44-17-5-9-21-50(44)61)34-42(32-40)62-51-22-10-6-18-45(51)46-19-7-11-23-52(46)62/h1-35H. The summed E-state index contributed by atoms with van der Waals surface area (Å²) in [5.41, 5.74) is 15.2. The highest BCUT2D eigenvalue weighted by Gasteiger charge is 2.25. The van der Waals surface area contributed by atoms with Crippen LogP contribution in [0.1, 0.15) is 0 Å². The summed E-state index contributed by atoms with van der Waals surface area (Å²) in [5.74, 6) is 0.739. The predicted octanol–water partition coefficient (Wildman–Crippen LogP) is 14.6. The third-order valence-corrected chi connectivity index (χ3v) is 12.5. The molecule has 0 saturated carbocycles. The van der Waals surface area contributed by atoms with Crippen LogP contribution in [-0.4, -0.2) is 24.1 Å². The first-order chi connectivity index (χ1) is 31.3. The van der Waals surface area contributed by atoms with Gasteiger partial charge in [-0.25, -0.2) is 4.98 Å². The molecule has 6 heteroatoms. The van der Waals surface area contributed by atoms with Gasteiger partial charge in [0.2, 0.25) is 0 Å². The molecule has 0 aliphatic heterocycles. The predicted molar refractivity (Wildman–Crippen MR) is 258 cm³/mol. The lowest BCUT2D eigenvalue weighted by Crippen LogP contribution is -2.00. The average Bonchev–Trinajstić information content (AvgIpc) is 4.03. The normalized spacial score (nSPS) is 11.8. The van der Waals surface area contributed by atoms with Gasteiger partial charge in [-0.3, -0.25) is 9.97 Å². The van der Waals surface area contributed by atoms with Gasteiger partial charge in [0.25, 0.3) is 0 Å². The van der Waals surface area contributed by atoms with Crippen LogP contribution in [0.2, 0.25) is 0 Å². The molecule has 63 heavy (non-hydrogen) atoms. The second-order valence-corrected chi connectivity index (χ2v) is 16.0. The third kappa shape index (κ3) is 5.48. The van der Waals surface area contributed by atoms with Crippen LogP contribution in [0.25, 0.3) is 122 Å². The van der Waals surface area contributed by atoms with E-state index in [1.165, 1.54) is 21.5 Å². The van der Waals surface area contributed by atoms with Crippen molar-refractivity contribution in [3.05, 3.63) is 213 Å². The lowest BCUT2D eigenvalue weighted by atomic mass is 9.95. The fraction of sp³-hybridized carbons (Fsp3) is 0. The summed E-state index contributed by atoms with van der Waals surface area (Å²) < 4.78 is 12.0. The summed E-state index contributed by atoms with van der Waals surface area (Å²) in [6.45, 7) is 0. The molecule has 294 valence electrons. The zero-order valence-corrected chi connectivity index (χ0v) is 33.9. The minimum atomic E-state index is 0.739. The number of para-hydroxylation sites is 4. The molecule has 13 rings (SSSR count). The van der Waals surface area contributed by atoms with Crippen molar-refractivity contribution < 1.29 is 4.42 Å². The minimum Gasteiger partial charge on any atom is -0.455 e. The summed E-state index contributed by atoms with van der Waals surface area (Å²) >= 11 is 0. The van der Waals surface area contributed by atoms with Gasteiger partial charge in [-0.1, -0.05) is 109 Å². The number of rotatable bonds is 6. The van der Waals surface area contributed by atoms with Crippen LogP contribution in [0.4, 0.5) is 0 Å². The van der Waals surface area contributed by atoms with Crippen molar-refractivity contribution in [2.24, 2.45) is 0 Å². The first-order valence-corrected chi connectivity index (χ1v) is 21.2. The summed E-state index contributed by atoms with van der Waals surface area (Å²) in [4.78, 5) is 14.3. The molecule has 0 spiro atoms. The number of aromatic nitrogens is 5. The summed E-state index contributed by atoms with van der Waals surface area (Å²) in [6.07, 6.45) is 7.31. The van der Waals surface area contributed by atoms with Crippen molar-refractivity contribution in [2.75, 3.05) is 0 Å². The van der Waals surface area contributed by atoms with Gasteiger partial charge in [0.1, 0.15) is 11.3 Å². The van der Waals surface area contributed by atoms with E-state index in [1.807, 2.05) is 42.9 Å². The van der Waals surface area contributed by atoms with Crippen molar-refractivity contribution in [2.45, 2.75) is 0 Å². The summed E-state index contributed by atoms with van der Waals surface area (Å²) in [7, 11) is 0. The molecule has 0 fully saturated rings. The molecule has 7 aromatic carbocycles. The van der Waals surface area contributed by atoms with E-state index < -0.39 is 0 Å². The highest BCUT2D eigenvalue weighted by Crippen LogP contribution is 2.47. The van der Waals surface area contributed by atoms with Crippen molar-refractivity contribution >= 4 is 65.5 Å². The van der Waals surface area contributed by atoms with E-state index >= 15 is 0 Å². The highest BCUT2D eigenvalue weighted by atomic mass is 16.3. The Labute approximate surface area is 361 Å². The van der Waals surface area contributed by atoms with Crippen LogP contribution in [0, 0.1) is 0 Å². The van der Waals surface area contributed by atoms with E-state index in [0.717, 1.165) is 100 Å². The van der Waals surface area contributed by atoms with Crippen LogP contribution in [0.3, 0.4) is 0 Å². The third-order valence-electron chi connectivity index (χ3n) is 12.5. The lowest BCUT2D eigenvalue weighted by molar-refractivity contribution is 0.635. The van der Waals surface area contributed by atoms with E-state index in [1.54, 1.807) is 6.20 Å².